The van der Waals surface area contributed by atoms with Gasteiger partial charge < -0.3 is 0 Å². The molecule has 1 aliphatic rings. The lowest BCUT2D eigenvalue weighted by atomic mass is 9.91. The van der Waals surface area contributed by atoms with E-state index in [4.69, 9.17) is 5.10 Å². The summed E-state index contributed by atoms with van der Waals surface area (Å²) < 4.78 is 3.72. The van der Waals surface area contributed by atoms with Crippen LogP contribution in [0.25, 0.3) is 5.95 Å². The zero-order valence-electron chi connectivity index (χ0n) is 14.7. The van der Waals surface area contributed by atoms with Crippen molar-refractivity contribution in [1.29, 1.82) is 0 Å². The summed E-state index contributed by atoms with van der Waals surface area (Å²) in [6, 6.07) is 0. The standard InChI is InChI=1S/C16H24N6S/c1-7-8-12-10(2)19-21(11(12)3)14-17-18-15-22(14)20-13(9-23-15)16(4,5)6/h7-9H2,1-6H3. The molecule has 7 heteroatoms. The molecule has 0 fully saturated rings. The Kier molecular flexibility index (Phi) is 4.08. The predicted octanol–water partition coefficient (Wildman–Crippen LogP) is 3.39. The summed E-state index contributed by atoms with van der Waals surface area (Å²) in [5, 5.41) is 18.9. The second kappa shape index (κ2) is 5.78. The molecule has 1 aliphatic heterocycles. The zero-order valence-corrected chi connectivity index (χ0v) is 15.5. The van der Waals surface area contributed by atoms with Gasteiger partial charge in [0.1, 0.15) is 0 Å². The first kappa shape index (κ1) is 16.2. The number of hydrogen-bond acceptors (Lipinski definition) is 5. The summed E-state index contributed by atoms with van der Waals surface area (Å²) in [7, 11) is 0. The minimum absolute atomic E-state index is 0.0364. The van der Waals surface area contributed by atoms with E-state index in [-0.39, 0.29) is 5.41 Å². The van der Waals surface area contributed by atoms with Gasteiger partial charge in [0.25, 0.3) is 5.95 Å². The highest BCUT2D eigenvalue weighted by molar-refractivity contribution is 7.99. The normalized spacial score (nSPS) is 14.8. The molecule has 0 amide bonds. The fraction of sp³-hybridized carbons (Fsp3) is 0.625. The maximum Gasteiger partial charge on any atom is 0.274 e. The fourth-order valence-corrected chi connectivity index (χ4v) is 3.80. The molecule has 0 aromatic carbocycles. The molecule has 0 N–H and O–H groups in total. The molecule has 0 bridgehead atoms. The van der Waals surface area contributed by atoms with Crippen molar-refractivity contribution in [2.75, 3.05) is 5.75 Å². The van der Waals surface area contributed by atoms with Crippen LogP contribution in [0.2, 0.25) is 0 Å². The van der Waals surface area contributed by atoms with Crippen molar-refractivity contribution in [3.8, 4) is 5.95 Å². The van der Waals surface area contributed by atoms with Gasteiger partial charge in [-0.05, 0) is 25.8 Å². The van der Waals surface area contributed by atoms with E-state index in [0.29, 0.717) is 5.95 Å². The molecule has 6 nitrogen and oxygen atoms in total. The van der Waals surface area contributed by atoms with Crippen LogP contribution in [0.3, 0.4) is 0 Å². The van der Waals surface area contributed by atoms with Crippen LogP contribution in [-0.2, 0) is 6.42 Å². The Morgan fingerprint density at radius 1 is 1.17 bits per heavy atom. The van der Waals surface area contributed by atoms with E-state index in [1.54, 1.807) is 11.8 Å². The first-order valence-corrected chi connectivity index (χ1v) is 9.03. The molecule has 0 unspecified atom stereocenters. The van der Waals surface area contributed by atoms with Crippen molar-refractivity contribution in [2.45, 2.75) is 59.5 Å². The van der Waals surface area contributed by atoms with Gasteiger partial charge in [0.05, 0.1) is 11.4 Å². The number of fused-ring (bicyclic) bond motifs is 1. The smallest absolute Gasteiger partial charge is 0.201 e. The molecule has 0 spiro atoms. The largest absolute Gasteiger partial charge is 0.274 e. The van der Waals surface area contributed by atoms with Crippen LogP contribution in [0.4, 0.5) is 0 Å². The molecule has 23 heavy (non-hydrogen) atoms. The molecule has 0 saturated carbocycles. The van der Waals surface area contributed by atoms with Crippen LogP contribution >= 0.6 is 11.8 Å². The second-order valence-electron chi connectivity index (χ2n) is 6.99. The maximum absolute atomic E-state index is 4.81. The molecule has 2 aromatic heterocycles. The summed E-state index contributed by atoms with van der Waals surface area (Å²) in [4.78, 5) is 0. The Balaban J connectivity index is 2.10. The molecule has 0 aliphatic carbocycles. The first-order valence-electron chi connectivity index (χ1n) is 8.05. The van der Waals surface area contributed by atoms with E-state index < -0.39 is 0 Å². The Hall–Kier alpha value is -1.63. The second-order valence-corrected chi connectivity index (χ2v) is 7.93. The van der Waals surface area contributed by atoms with Crippen molar-refractivity contribution in [1.82, 2.24) is 24.7 Å². The minimum atomic E-state index is 0.0364. The van der Waals surface area contributed by atoms with Gasteiger partial charge in [0.2, 0.25) is 5.16 Å². The van der Waals surface area contributed by atoms with Crippen LogP contribution in [0.1, 0.15) is 51.1 Å². The van der Waals surface area contributed by atoms with Crippen LogP contribution in [0.15, 0.2) is 10.3 Å². The van der Waals surface area contributed by atoms with Crippen LogP contribution in [-0.4, -0.2) is 36.1 Å². The third-order valence-corrected chi connectivity index (χ3v) is 5.08. The highest BCUT2D eigenvalue weighted by Gasteiger charge is 2.27. The highest BCUT2D eigenvalue weighted by Crippen LogP contribution is 2.30. The summed E-state index contributed by atoms with van der Waals surface area (Å²) in [5.74, 6) is 1.54. The van der Waals surface area contributed by atoms with Gasteiger partial charge in [-0.15, -0.1) is 10.2 Å². The van der Waals surface area contributed by atoms with Gasteiger partial charge in [0.15, 0.2) is 0 Å². The summed E-state index contributed by atoms with van der Waals surface area (Å²) in [6.07, 6.45) is 2.14. The molecule has 124 valence electrons. The number of rotatable bonds is 3. The van der Waals surface area contributed by atoms with E-state index in [1.165, 1.54) is 5.56 Å². The van der Waals surface area contributed by atoms with Gasteiger partial charge in [-0.3, -0.25) is 0 Å². The third kappa shape index (κ3) is 2.82. The summed E-state index contributed by atoms with van der Waals surface area (Å²) in [5.41, 5.74) is 4.67. The number of hydrogen-bond donors (Lipinski definition) is 0. The average molecular weight is 332 g/mol. The van der Waals surface area contributed by atoms with Gasteiger partial charge in [-0.1, -0.05) is 45.9 Å². The molecule has 0 saturated heterocycles. The Bertz CT molecular complexity index is 762. The molecular formula is C16H24N6S. The summed E-state index contributed by atoms with van der Waals surface area (Å²) >= 11 is 1.68. The Morgan fingerprint density at radius 3 is 2.57 bits per heavy atom. The maximum atomic E-state index is 4.81. The summed E-state index contributed by atoms with van der Waals surface area (Å²) in [6.45, 7) is 12.9. The topological polar surface area (TPSA) is 60.9 Å². The molecule has 3 heterocycles. The number of aryl methyl sites for hydroxylation is 1. The van der Waals surface area contributed by atoms with E-state index in [0.717, 1.165) is 40.9 Å². The minimum Gasteiger partial charge on any atom is -0.201 e. The highest BCUT2D eigenvalue weighted by atomic mass is 32.2. The predicted molar refractivity (Wildman–Crippen MR) is 93.6 cm³/mol. The number of nitrogens with zero attached hydrogens (tertiary/aromatic N) is 6. The van der Waals surface area contributed by atoms with Crippen molar-refractivity contribution in [2.24, 2.45) is 10.5 Å². The van der Waals surface area contributed by atoms with Crippen LogP contribution < -0.4 is 0 Å². The van der Waals surface area contributed by atoms with Gasteiger partial charge >= 0.3 is 0 Å². The molecular weight excluding hydrogens is 308 g/mol. The fourth-order valence-electron chi connectivity index (χ4n) is 2.70. The zero-order chi connectivity index (χ0) is 16.8. The van der Waals surface area contributed by atoms with Crippen molar-refractivity contribution in [3.63, 3.8) is 0 Å². The SMILES string of the molecule is CCCc1c(C)nn(-c2nnc3n2N=C(C(C)(C)C)CS3)c1C. The number of thioether (sulfide) groups is 1. The Morgan fingerprint density at radius 2 is 1.91 bits per heavy atom. The lowest BCUT2D eigenvalue weighted by Crippen LogP contribution is -2.27. The van der Waals surface area contributed by atoms with E-state index in [1.807, 2.05) is 9.36 Å². The quantitative estimate of drug-likeness (QED) is 0.864. The van der Waals surface area contributed by atoms with E-state index >= 15 is 0 Å². The van der Waals surface area contributed by atoms with Crippen molar-refractivity contribution < 1.29 is 0 Å². The van der Waals surface area contributed by atoms with Crippen molar-refractivity contribution >= 4 is 17.5 Å². The number of aromatic nitrogens is 5. The third-order valence-electron chi connectivity index (χ3n) is 4.15. The van der Waals surface area contributed by atoms with Gasteiger partial charge in [-0.2, -0.15) is 14.9 Å². The van der Waals surface area contributed by atoms with Crippen molar-refractivity contribution in [3.05, 3.63) is 17.0 Å². The molecule has 2 aromatic rings. The van der Waals surface area contributed by atoms with Crippen LogP contribution in [0, 0.1) is 19.3 Å². The lowest BCUT2D eigenvalue weighted by Gasteiger charge is -2.24. The average Bonchev–Trinajstić information content (AvgIpc) is 3.02. The molecule has 3 rings (SSSR count). The van der Waals surface area contributed by atoms with Crippen LogP contribution in [0.5, 0.6) is 0 Å². The monoisotopic (exact) mass is 332 g/mol. The molecule has 0 atom stereocenters. The van der Waals surface area contributed by atoms with E-state index in [9.17, 15) is 0 Å². The Labute approximate surface area is 141 Å². The molecule has 0 radical (unpaired) electrons. The van der Waals surface area contributed by atoms with E-state index in [2.05, 4.69) is 56.8 Å². The lowest BCUT2D eigenvalue weighted by molar-refractivity contribution is 0.569. The van der Waals surface area contributed by atoms with Gasteiger partial charge in [0, 0.05) is 16.9 Å². The first-order chi connectivity index (χ1) is 10.8. The van der Waals surface area contributed by atoms with Gasteiger partial charge in [-0.25, -0.2) is 4.68 Å².